The molecular formula is C21H37NO3. The van der Waals surface area contributed by atoms with Crippen molar-refractivity contribution in [3.05, 3.63) is 11.6 Å². The molecule has 1 saturated heterocycles. The molecule has 144 valence electrons. The Kier molecular flexibility index (Phi) is 7.51. The molecule has 0 radical (unpaired) electrons. The van der Waals surface area contributed by atoms with Gasteiger partial charge in [-0.3, -0.25) is 0 Å². The predicted molar refractivity (Wildman–Crippen MR) is 101 cm³/mol. The predicted octanol–water partition coefficient (Wildman–Crippen LogP) is 3.50. The summed E-state index contributed by atoms with van der Waals surface area (Å²) >= 11 is 0. The Morgan fingerprint density at radius 3 is 2.68 bits per heavy atom. The first-order valence-corrected chi connectivity index (χ1v) is 10.0. The van der Waals surface area contributed by atoms with Gasteiger partial charge < -0.3 is 14.7 Å². The van der Waals surface area contributed by atoms with Crippen molar-refractivity contribution in [3.8, 4) is 0 Å². The van der Waals surface area contributed by atoms with E-state index in [0.717, 1.165) is 44.3 Å². The number of piperidine rings is 1. The molecule has 25 heavy (non-hydrogen) atoms. The first kappa shape index (κ1) is 20.4. The number of likely N-dealkylation sites (tertiary alicyclic amines) is 1. The van der Waals surface area contributed by atoms with Crippen molar-refractivity contribution >= 4 is 5.97 Å². The Labute approximate surface area is 153 Å². The van der Waals surface area contributed by atoms with E-state index in [4.69, 9.17) is 9.84 Å². The van der Waals surface area contributed by atoms with Crippen LogP contribution in [-0.4, -0.2) is 48.8 Å². The van der Waals surface area contributed by atoms with Gasteiger partial charge in [0.15, 0.2) is 0 Å². The van der Waals surface area contributed by atoms with Crippen LogP contribution in [0, 0.1) is 29.6 Å². The summed E-state index contributed by atoms with van der Waals surface area (Å²) in [5.74, 6) is 2.80. The van der Waals surface area contributed by atoms with Gasteiger partial charge in [-0.15, -0.1) is 0 Å². The van der Waals surface area contributed by atoms with Gasteiger partial charge in [-0.1, -0.05) is 26.8 Å². The van der Waals surface area contributed by atoms with Gasteiger partial charge in [0.1, 0.15) is 6.10 Å². The Balaban J connectivity index is 1.85. The summed E-state index contributed by atoms with van der Waals surface area (Å²) < 4.78 is 5.90. The lowest BCUT2D eigenvalue weighted by Gasteiger charge is -2.38. The fourth-order valence-electron chi connectivity index (χ4n) is 4.76. The number of carbonyl (C=O) groups is 1. The SMILES string of the molecule is CC(=CCCC(C)CCO)C(=O)OC1CC2C(C)CN(C)CC2C1C. The molecule has 0 aromatic carbocycles. The number of allylic oxidation sites excluding steroid dienone is 1. The van der Waals surface area contributed by atoms with Crippen molar-refractivity contribution in [2.75, 3.05) is 26.7 Å². The third-order valence-electron chi connectivity index (χ3n) is 6.48. The maximum atomic E-state index is 12.5. The van der Waals surface area contributed by atoms with E-state index in [1.807, 2.05) is 13.0 Å². The van der Waals surface area contributed by atoms with Gasteiger partial charge >= 0.3 is 5.97 Å². The molecule has 0 spiro atoms. The molecule has 0 amide bonds. The molecule has 1 saturated carbocycles. The van der Waals surface area contributed by atoms with E-state index in [1.165, 1.54) is 0 Å². The van der Waals surface area contributed by atoms with Crippen LogP contribution < -0.4 is 0 Å². The van der Waals surface area contributed by atoms with Gasteiger partial charge in [-0.05, 0) is 69.2 Å². The van der Waals surface area contributed by atoms with Gasteiger partial charge in [0, 0.05) is 25.3 Å². The second-order valence-corrected chi connectivity index (χ2v) is 8.65. The molecule has 0 aromatic rings. The van der Waals surface area contributed by atoms with Crippen LogP contribution in [0.1, 0.15) is 53.4 Å². The van der Waals surface area contributed by atoms with Crippen molar-refractivity contribution in [1.29, 1.82) is 0 Å². The van der Waals surface area contributed by atoms with Crippen LogP contribution in [0.3, 0.4) is 0 Å². The number of ether oxygens (including phenoxy) is 1. The average molecular weight is 352 g/mol. The number of fused-ring (bicyclic) bond motifs is 1. The van der Waals surface area contributed by atoms with E-state index in [0.29, 0.717) is 29.6 Å². The minimum atomic E-state index is -0.147. The van der Waals surface area contributed by atoms with Crippen LogP contribution in [-0.2, 0) is 9.53 Å². The highest BCUT2D eigenvalue weighted by atomic mass is 16.5. The van der Waals surface area contributed by atoms with Crippen molar-refractivity contribution in [2.45, 2.75) is 59.5 Å². The standard InChI is InChI=1S/C21H37NO3/c1-14(9-10-23)7-6-8-15(2)21(24)25-20-11-18-16(3)12-22(5)13-19(18)17(20)4/h8,14,16-20,23H,6-7,9-13H2,1-5H3. The number of carbonyl (C=O) groups excluding carboxylic acids is 1. The minimum absolute atomic E-state index is 0.0631. The van der Waals surface area contributed by atoms with E-state index in [-0.39, 0.29) is 18.7 Å². The molecule has 1 aliphatic carbocycles. The summed E-state index contributed by atoms with van der Waals surface area (Å²) in [6, 6.07) is 0. The summed E-state index contributed by atoms with van der Waals surface area (Å²) in [6.07, 6.45) is 5.78. The van der Waals surface area contributed by atoms with Crippen molar-refractivity contribution in [3.63, 3.8) is 0 Å². The van der Waals surface area contributed by atoms with E-state index >= 15 is 0 Å². The zero-order valence-corrected chi connectivity index (χ0v) is 16.7. The smallest absolute Gasteiger partial charge is 0.333 e. The number of aliphatic hydroxyl groups excluding tert-OH is 1. The molecule has 6 unspecified atom stereocenters. The summed E-state index contributed by atoms with van der Waals surface area (Å²) in [6.45, 7) is 11.1. The number of aliphatic hydroxyl groups is 1. The highest BCUT2D eigenvalue weighted by Gasteiger charge is 2.47. The summed E-state index contributed by atoms with van der Waals surface area (Å²) in [5, 5.41) is 8.95. The number of hydrogen-bond donors (Lipinski definition) is 1. The van der Waals surface area contributed by atoms with Crippen LogP contribution in [0.4, 0.5) is 0 Å². The van der Waals surface area contributed by atoms with E-state index in [2.05, 4.69) is 32.7 Å². The van der Waals surface area contributed by atoms with E-state index in [1.54, 1.807) is 0 Å². The first-order valence-electron chi connectivity index (χ1n) is 10.0. The molecule has 2 fully saturated rings. The fraction of sp³-hybridized carbons (Fsp3) is 0.857. The molecular weight excluding hydrogens is 314 g/mol. The van der Waals surface area contributed by atoms with Gasteiger partial charge in [0.05, 0.1) is 0 Å². The van der Waals surface area contributed by atoms with Gasteiger partial charge in [0.25, 0.3) is 0 Å². The minimum Gasteiger partial charge on any atom is -0.459 e. The lowest BCUT2D eigenvalue weighted by molar-refractivity contribution is -0.146. The largest absolute Gasteiger partial charge is 0.459 e. The quantitative estimate of drug-likeness (QED) is 0.563. The number of nitrogens with zero attached hydrogens (tertiary/aromatic N) is 1. The summed E-state index contributed by atoms with van der Waals surface area (Å²) in [5.41, 5.74) is 0.725. The third kappa shape index (κ3) is 5.30. The van der Waals surface area contributed by atoms with Gasteiger partial charge in [-0.2, -0.15) is 0 Å². The molecule has 2 aliphatic rings. The van der Waals surface area contributed by atoms with Crippen LogP contribution in [0.15, 0.2) is 11.6 Å². The maximum Gasteiger partial charge on any atom is 0.333 e. The molecule has 4 nitrogen and oxygen atoms in total. The van der Waals surface area contributed by atoms with E-state index < -0.39 is 0 Å². The lowest BCUT2D eigenvalue weighted by atomic mass is 9.79. The van der Waals surface area contributed by atoms with Crippen LogP contribution in [0.2, 0.25) is 0 Å². The molecule has 4 heteroatoms. The van der Waals surface area contributed by atoms with E-state index in [9.17, 15) is 4.79 Å². The van der Waals surface area contributed by atoms with Crippen molar-refractivity contribution in [1.82, 2.24) is 4.90 Å². The fourth-order valence-corrected chi connectivity index (χ4v) is 4.76. The topological polar surface area (TPSA) is 49.8 Å². The second kappa shape index (κ2) is 9.18. The Morgan fingerprint density at radius 1 is 1.28 bits per heavy atom. The second-order valence-electron chi connectivity index (χ2n) is 8.65. The highest BCUT2D eigenvalue weighted by Crippen LogP contribution is 2.45. The van der Waals surface area contributed by atoms with Gasteiger partial charge in [0.2, 0.25) is 0 Å². The summed E-state index contributed by atoms with van der Waals surface area (Å²) in [7, 11) is 2.20. The van der Waals surface area contributed by atoms with Crippen LogP contribution in [0.5, 0.6) is 0 Å². The number of esters is 1. The molecule has 1 aliphatic heterocycles. The Hall–Kier alpha value is -0.870. The molecule has 1 N–H and O–H groups in total. The summed E-state index contributed by atoms with van der Waals surface area (Å²) in [4.78, 5) is 14.9. The lowest BCUT2D eigenvalue weighted by Crippen LogP contribution is -2.42. The van der Waals surface area contributed by atoms with Crippen molar-refractivity contribution < 1.29 is 14.6 Å². The van der Waals surface area contributed by atoms with Crippen LogP contribution >= 0.6 is 0 Å². The first-order chi connectivity index (χ1) is 11.8. The zero-order chi connectivity index (χ0) is 18.6. The molecule has 2 rings (SSSR count). The molecule has 0 bridgehead atoms. The molecule has 6 atom stereocenters. The molecule has 1 heterocycles. The number of hydrogen-bond acceptors (Lipinski definition) is 4. The normalized spacial score (nSPS) is 34.6. The van der Waals surface area contributed by atoms with Gasteiger partial charge in [-0.25, -0.2) is 4.79 Å². The molecule has 0 aromatic heterocycles. The average Bonchev–Trinajstić information content (AvgIpc) is 2.84. The Bertz CT molecular complexity index is 476. The monoisotopic (exact) mass is 351 g/mol. The van der Waals surface area contributed by atoms with Crippen molar-refractivity contribution in [2.24, 2.45) is 29.6 Å². The Morgan fingerprint density at radius 2 is 2.00 bits per heavy atom. The highest BCUT2D eigenvalue weighted by molar-refractivity contribution is 5.87. The zero-order valence-electron chi connectivity index (χ0n) is 16.7. The number of rotatable bonds is 7. The van der Waals surface area contributed by atoms with Crippen LogP contribution in [0.25, 0.3) is 0 Å². The maximum absolute atomic E-state index is 12.5. The third-order valence-corrected chi connectivity index (χ3v) is 6.48.